The third-order valence-corrected chi connectivity index (χ3v) is 23.7. The third-order valence-electron chi connectivity index (χ3n) is 11.0. The van der Waals surface area contributed by atoms with E-state index in [2.05, 4.69) is 160 Å². The monoisotopic (exact) mass is 854 g/mol. The Labute approximate surface area is 343 Å². The van der Waals surface area contributed by atoms with Crippen LogP contribution in [0, 0.1) is 5.92 Å². The molecule has 1 atom stereocenters. The second-order valence-corrected chi connectivity index (χ2v) is 26.3. The van der Waals surface area contributed by atoms with Crippen LogP contribution in [0.2, 0.25) is 10.0 Å². The van der Waals surface area contributed by atoms with Gasteiger partial charge in [0.15, 0.2) is 0 Å². The molecule has 0 heterocycles. The molecule has 0 nitrogen and oxygen atoms in total. The first-order valence-corrected chi connectivity index (χ1v) is 24.4. The molecule has 2 aliphatic rings. The predicted octanol–water partition coefficient (Wildman–Crippen LogP) is 7.53. The van der Waals surface area contributed by atoms with Crippen LogP contribution in [-0.2, 0) is 30.1 Å². The minimum atomic E-state index is -4.12. The van der Waals surface area contributed by atoms with Crippen molar-refractivity contribution in [2.75, 3.05) is 0 Å². The van der Waals surface area contributed by atoms with E-state index >= 15 is 0 Å². The fourth-order valence-corrected chi connectivity index (χ4v) is 22.7. The van der Waals surface area contributed by atoms with Crippen molar-refractivity contribution in [1.82, 2.24) is 0 Å². The molecule has 5 aromatic rings. The van der Waals surface area contributed by atoms with E-state index in [1.54, 1.807) is 3.28 Å². The maximum absolute atomic E-state index is 6.53. The van der Waals surface area contributed by atoms with Crippen molar-refractivity contribution in [3.05, 3.63) is 179 Å². The SMILES string of the molecule is CC1=[C]([Zr+2](=[CH]c2ccc(Cl)cc2)(=[CH]c2ccc(Cl)cc2)[CH]2c3cc(C(C)(C)C)ccc3-c3ccc(C(C)(C)C)cc32)C(C)C=C1c1ccccc1.[Cl-].[Cl-]. The molecule has 0 aromatic heterocycles. The van der Waals surface area contributed by atoms with Crippen LogP contribution >= 0.6 is 23.2 Å². The summed E-state index contributed by atoms with van der Waals surface area (Å²) < 4.78 is 7.32. The smallest absolute Gasteiger partial charge is 1.00 e. The maximum Gasteiger partial charge on any atom is -1.00 e. The van der Waals surface area contributed by atoms with Crippen LogP contribution in [-0.4, -0.2) is 7.42 Å². The van der Waals surface area contributed by atoms with Crippen LogP contribution in [0.3, 0.4) is 0 Å². The quantitative estimate of drug-likeness (QED) is 0.172. The van der Waals surface area contributed by atoms with Gasteiger partial charge in [0.05, 0.1) is 0 Å². The first-order valence-electron chi connectivity index (χ1n) is 18.2. The molecule has 5 heteroatoms. The fourth-order valence-electron chi connectivity index (χ4n) is 8.49. The summed E-state index contributed by atoms with van der Waals surface area (Å²) >= 11 is 8.95. The second-order valence-electron chi connectivity index (χ2n) is 16.6. The number of halogens is 4. The minimum absolute atomic E-state index is 0. The van der Waals surface area contributed by atoms with E-state index in [1.165, 1.54) is 61.2 Å². The largest absolute Gasteiger partial charge is 1.00 e. The molecule has 0 N–H and O–H groups in total. The van der Waals surface area contributed by atoms with Crippen LogP contribution in [0.15, 0.2) is 130 Å². The van der Waals surface area contributed by atoms with E-state index in [4.69, 9.17) is 23.2 Å². The van der Waals surface area contributed by atoms with Crippen LogP contribution in [0.4, 0.5) is 0 Å². The Kier molecular flexibility index (Phi) is 12.4. The van der Waals surface area contributed by atoms with E-state index in [0.717, 1.165) is 10.0 Å². The Balaban J connectivity index is 0.00000271. The minimum Gasteiger partial charge on any atom is -1.00 e. The first-order chi connectivity index (χ1) is 24.2. The van der Waals surface area contributed by atoms with Crippen molar-refractivity contribution in [2.24, 2.45) is 5.92 Å². The van der Waals surface area contributed by atoms with Gasteiger partial charge in [0, 0.05) is 0 Å². The Hall–Kier alpha value is -2.64. The number of hydrogen-bond donors (Lipinski definition) is 0. The van der Waals surface area contributed by atoms with Gasteiger partial charge in [-0.1, -0.05) is 0 Å². The topological polar surface area (TPSA) is 0 Å². The zero-order valence-electron chi connectivity index (χ0n) is 31.9. The fraction of sp³-hybridized carbons (Fsp3) is 0.250. The van der Waals surface area contributed by atoms with E-state index in [1.807, 2.05) is 24.3 Å². The summed E-state index contributed by atoms with van der Waals surface area (Å²) in [6.07, 6.45) is 2.53. The summed E-state index contributed by atoms with van der Waals surface area (Å²) in [5.74, 6) is 0.271. The molecule has 0 radical (unpaired) electrons. The van der Waals surface area contributed by atoms with Crippen molar-refractivity contribution >= 4 is 36.2 Å². The molecule has 0 saturated carbocycles. The van der Waals surface area contributed by atoms with Gasteiger partial charge < -0.3 is 24.8 Å². The van der Waals surface area contributed by atoms with E-state index in [-0.39, 0.29) is 45.2 Å². The number of hydrogen-bond acceptors (Lipinski definition) is 0. The molecule has 0 amide bonds. The summed E-state index contributed by atoms with van der Waals surface area (Å²) in [4.78, 5) is 0. The van der Waals surface area contributed by atoms with Gasteiger partial charge in [0.25, 0.3) is 0 Å². The molecule has 53 heavy (non-hydrogen) atoms. The Morgan fingerprint density at radius 2 is 1.02 bits per heavy atom. The van der Waals surface area contributed by atoms with Crippen molar-refractivity contribution < 1.29 is 44.1 Å². The molecule has 2 aliphatic carbocycles. The maximum atomic E-state index is 6.53. The average molecular weight is 858 g/mol. The summed E-state index contributed by atoms with van der Waals surface area (Å²) in [6, 6.07) is 42.7. The van der Waals surface area contributed by atoms with Crippen LogP contribution in [0.1, 0.15) is 98.0 Å². The molecular weight excluding hydrogens is 810 g/mol. The predicted molar refractivity (Wildman–Crippen MR) is 221 cm³/mol. The van der Waals surface area contributed by atoms with Crippen LogP contribution < -0.4 is 24.8 Å². The van der Waals surface area contributed by atoms with Gasteiger partial charge in [-0.3, -0.25) is 0 Å². The molecule has 272 valence electrons. The standard InChI is InChI=1S/C21H25.C13H13.2C7H5Cl.2ClH.Zr/c1-20(2,3)16-7-9-18-14(12-16)11-15-13-17(21(4,5)6)8-10-19(15)18;1-10-8-11(2)13(9-10)12-6-4-3-5-7-12;2*1-6-2-4-7(8)5-3-6;;;/h7-13H,1-6H3;3-7,9-10H,1-2H3;2*1-5H;2*1H;/q;;;;;;+2/p-2. The Morgan fingerprint density at radius 1 is 0.585 bits per heavy atom. The van der Waals surface area contributed by atoms with Gasteiger partial charge in [0.2, 0.25) is 0 Å². The van der Waals surface area contributed by atoms with Gasteiger partial charge in [-0.15, -0.1) is 0 Å². The van der Waals surface area contributed by atoms with Gasteiger partial charge in [0.1, 0.15) is 0 Å². The number of benzene rings is 5. The molecule has 0 saturated heterocycles. The zero-order chi connectivity index (χ0) is 36.3. The molecule has 5 aromatic carbocycles. The average Bonchev–Trinajstić information content (AvgIpc) is 3.59. The summed E-state index contributed by atoms with van der Waals surface area (Å²) in [6.45, 7) is 18.8. The molecule has 0 aliphatic heterocycles. The number of fused-ring (bicyclic) bond motifs is 3. The van der Waals surface area contributed by atoms with Crippen molar-refractivity contribution in [2.45, 2.75) is 69.8 Å². The van der Waals surface area contributed by atoms with Crippen molar-refractivity contribution in [3.63, 3.8) is 0 Å². The molecule has 0 spiro atoms. The molecule has 7 rings (SSSR count). The van der Waals surface area contributed by atoms with Gasteiger partial charge >= 0.3 is 322 Å². The number of allylic oxidation sites excluding steroid dienone is 4. The summed E-state index contributed by atoms with van der Waals surface area (Å²) in [7, 11) is 0. The van der Waals surface area contributed by atoms with Gasteiger partial charge in [-0.05, 0) is 0 Å². The van der Waals surface area contributed by atoms with Gasteiger partial charge in [-0.25, -0.2) is 0 Å². The normalized spacial score (nSPS) is 15.0. The van der Waals surface area contributed by atoms with Gasteiger partial charge in [-0.2, -0.15) is 0 Å². The van der Waals surface area contributed by atoms with Crippen LogP contribution in [0.25, 0.3) is 16.7 Å². The second kappa shape index (κ2) is 15.8. The van der Waals surface area contributed by atoms with E-state index < -0.39 is 19.3 Å². The van der Waals surface area contributed by atoms with E-state index in [9.17, 15) is 0 Å². The van der Waals surface area contributed by atoms with Crippen LogP contribution in [0.5, 0.6) is 0 Å². The summed E-state index contributed by atoms with van der Waals surface area (Å²) in [5, 5.41) is 1.52. The van der Waals surface area contributed by atoms with Crippen molar-refractivity contribution in [1.29, 1.82) is 0 Å². The zero-order valence-corrected chi connectivity index (χ0v) is 37.4. The van der Waals surface area contributed by atoms with E-state index in [0.29, 0.717) is 0 Å². The Morgan fingerprint density at radius 3 is 1.43 bits per heavy atom. The first kappa shape index (κ1) is 41.5. The van der Waals surface area contributed by atoms with Crippen molar-refractivity contribution in [3.8, 4) is 11.1 Å². The summed E-state index contributed by atoms with van der Waals surface area (Å²) in [5.41, 5.74) is 15.0. The molecular formula is C48H48Cl4Zr. The molecule has 0 bridgehead atoms. The number of rotatable bonds is 5. The Bertz CT molecular complexity index is 2200. The molecule has 0 fully saturated rings. The third kappa shape index (κ3) is 8.04. The molecule has 1 unspecified atom stereocenters.